The Bertz CT molecular complexity index is 264. The highest BCUT2D eigenvalue weighted by Gasteiger charge is 1.89. The highest BCUT2D eigenvalue weighted by molar-refractivity contribution is 5.79. The molecular formula is C11H15NO. The minimum absolute atomic E-state index is 0.615. The molecule has 0 radical (unpaired) electrons. The average Bonchev–Trinajstić information content (AvgIpc) is 2.19. The van der Waals surface area contributed by atoms with Gasteiger partial charge in [-0.2, -0.15) is 0 Å². The second kappa shape index (κ2) is 5.36. The molecule has 2 nitrogen and oxygen atoms in total. The Morgan fingerprint density at radius 1 is 1.23 bits per heavy atom. The van der Waals surface area contributed by atoms with E-state index < -0.39 is 0 Å². The molecule has 0 saturated carbocycles. The van der Waals surface area contributed by atoms with Gasteiger partial charge in [0.25, 0.3) is 0 Å². The van der Waals surface area contributed by atoms with Gasteiger partial charge in [0.05, 0.1) is 6.21 Å². The standard InChI is InChI=1S/C11H15NO/c1-3-10-5-7-11(8-6-10)9-12-13-4-2/h5-9H,3-4H2,1-2H3. The molecule has 0 spiro atoms. The SMILES string of the molecule is CCON=Cc1ccc(CC)cc1. The molecule has 0 unspecified atom stereocenters. The van der Waals surface area contributed by atoms with Gasteiger partial charge in [-0.05, 0) is 24.5 Å². The summed E-state index contributed by atoms with van der Waals surface area (Å²) in [5, 5.41) is 3.79. The van der Waals surface area contributed by atoms with E-state index in [9.17, 15) is 0 Å². The minimum atomic E-state index is 0.615. The fourth-order valence-corrected chi connectivity index (χ4v) is 1.01. The first-order chi connectivity index (χ1) is 6.36. The first-order valence-corrected chi connectivity index (χ1v) is 4.61. The van der Waals surface area contributed by atoms with Crippen LogP contribution in [0.4, 0.5) is 0 Å². The first-order valence-electron chi connectivity index (χ1n) is 4.61. The molecule has 13 heavy (non-hydrogen) atoms. The molecule has 0 aliphatic heterocycles. The predicted octanol–water partition coefficient (Wildman–Crippen LogP) is 2.62. The molecular weight excluding hydrogens is 162 g/mol. The number of oxime groups is 1. The van der Waals surface area contributed by atoms with E-state index in [4.69, 9.17) is 4.84 Å². The summed E-state index contributed by atoms with van der Waals surface area (Å²) in [5.41, 5.74) is 2.42. The maximum absolute atomic E-state index is 4.86. The lowest BCUT2D eigenvalue weighted by atomic mass is 10.1. The molecule has 1 rings (SSSR count). The van der Waals surface area contributed by atoms with Crippen LogP contribution in [0, 0.1) is 0 Å². The molecule has 0 aliphatic rings. The van der Waals surface area contributed by atoms with Crippen molar-refractivity contribution in [3.8, 4) is 0 Å². The largest absolute Gasteiger partial charge is 0.396 e. The van der Waals surface area contributed by atoms with E-state index in [1.165, 1.54) is 5.56 Å². The van der Waals surface area contributed by atoms with Crippen molar-refractivity contribution in [1.82, 2.24) is 0 Å². The summed E-state index contributed by atoms with van der Waals surface area (Å²) in [6.07, 6.45) is 2.80. The van der Waals surface area contributed by atoms with Crippen LogP contribution in [0.25, 0.3) is 0 Å². The lowest BCUT2D eigenvalue weighted by molar-refractivity contribution is 0.160. The van der Waals surface area contributed by atoms with Crippen molar-refractivity contribution in [3.05, 3.63) is 35.4 Å². The zero-order valence-corrected chi connectivity index (χ0v) is 8.16. The summed E-state index contributed by atoms with van der Waals surface area (Å²) in [6, 6.07) is 8.29. The fraction of sp³-hybridized carbons (Fsp3) is 0.364. The van der Waals surface area contributed by atoms with Crippen molar-refractivity contribution in [2.45, 2.75) is 20.3 Å². The zero-order valence-electron chi connectivity index (χ0n) is 8.16. The van der Waals surface area contributed by atoms with Crippen LogP contribution in [-0.2, 0) is 11.3 Å². The monoisotopic (exact) mass is 177 g/mol. The fourth-order valence-electron chi connectivity index (χ4n) is 1.01. The van der Waals surface area contributed by atoms with Gasteiger partial charge in [-0.15, -0.1) is 0 Å². The molecule has 0 N–H and O–H groups in total. The second-order valence-corrected chi connectivity index (χ2v) is 2.75. The average molecular weight is 177 g/mol. The van der Waals surface area contributed by atoms with Gasteiger partial charge >= 0.3 is 0 Å². The van der Waals surface area contributed by atoms with Crippen molar-refractivity contribution in [2.75, 3.05) is 6.61 Å². The smallest absolute Gasteiger partial charge is 0.114 e. The lowest BCUT2D eigenvalue weighted by Crippen LogP contribution is -1.85. The summed E-state index contributed by atoms with van der Waals surface area (Å²) in [5.74, 6) is 0. The van der Waals surface area contributed by atoms with Gasteiger partial charge in [0, 0.05) is 0 Å². The van der Waals surface area contributed by atoms with Crippen molar-refractivity contribution in [3.63, 3.8) is 0 Å². The molecule has 0 saturated heterocycles. The first kappa shape index (κ1) is 9.78. The second-order valence-electron chi connectivity index (χ2n) is 2.75. The molecule has 0 atom stereocenters. The van der Waals surface area contributed by atoms with Crippen LogP contribution in [-0.4, -0.2) is 12.8 Å². The van der Waals surface area contributed by atoms with Crippen molar-refractivity contribution in [1.29, 1.82) is 0 Å². The molecule has 0 aromatic heterocycles. The summed E-state index contributed by atoms with van der Waals surface area (Å²) < 4.78 is 0. The Hall–Kier alpha value is -1.31. The van der Waals surface area contributed by atoms with Gasteiger partial charge in [-0.1, -0.05) is 36.3 Å². The third-order valence-corrected chi connectivity index (χ3v) is 1.79. The van der Waals surface area contributed by atoms with Crippen LogP contribution >= 0.6 is 0 Å². The summed E-state index contributed by atoms with van der Waals surface area (Å²) in [6.45, 7) is 4.67. The number of hydrogen-bond acceptors (Lipinski definition) is 2. The molecule has 0 bridgehead atoms. The number of aryl methyl sites for hydroxylation is 1. The molecule has 1 aromatic rings. The van der Waals surface area contributed by atoms with Crippen LogP contribution in [0.15, 0.2) is 29.4 Å². The highest BCUT2D eigenvalue weighted by Crippen LogP contribution is 2.02. The number of hydrogen-bond donors (Lipinski definition) is 0. The van der Waals surface area contributed by atoms with Crippen molar-refractivity contribution in [2.24, 2.45) is 5.16 Å². The van der Waals surface area contributed by atoms with Crippen molar-refractivity contribution < 1.29 is 4.84 Å². The van der Waals surface area contributed by atoms with Gasteiger partial charge in [-0.25, -0.2) is 0 Å². The predicted molar refractivity (Wildman–Crippen MR) is 55.0 cm³/mol. The maximum Gasteiger partial charge on any atom is 0.114 e. The highest BCUT2D eigenvalue weighted by atomic mass is 16.6. The van der Waals surface area contributed by atoms with E-state index in [0.29, 0.717) is 6.61 Å². The molecule has 0 heterocycles. The third-order valence-electron chi connectivity index (χ3n) is 1.79. The van der Waals surface area contributed by atoms with Gasteiger partial charge < -0.3 is 4.84 Å². The zero-order chi connectivity index (χ0) is 9.52. The van der Waals surface area contributed by atoms with Crippen molar-refractivity contribution >= 4 is 6.21 Å². The molecule has 0 aliphatic carbocycles. The Morgan fingerprint density at radius 3 is 2.46 bits per heavy atom. The molecule has 70 valence electrons. The van der Waals surface area contributed by atoms with Gasteiger partial charge in [0.2, 0.25) is 0 Å². The van der Waals surface area contributed by atoms with E-state index >= 15 is 0 Å². The molecule has 1 aromatic carbocycles. The summed E-state index contributed by atoms with van der Waals surface area (Å²) in [4.78, 5) is 4.86. The Balaban J connectivity index is 2.58. The van der Waals surface area contributed by atoms with Crippen LogP contribution in [0.3, 0.4) is 0 Å². The Morgan fingerprint density at radius 2 is 1.92 bits per heavy atom. The Kier molecular flexibility index (Phi) is 4.03. The van der Waals surface area contributed by atoms with E-state index in [0.717, 1.165) is 12.0 Å². The van der Waals surface area contributed by atoms with Crippen LogP contribution in [0.5, 0.6) is 0 Å². The molecule has 2 heteroatoms. The van der Waals surface area contributed by atoms with Gasteiger partial charge in [0.15, 0.2) is 0 Å². The van der Waals surface area contributed by atoms with Crippen LogP contribution in [0.1, 0.15) is 25.0 Å². The Labute approximate surface area is 79.2 Å². The maximum atomic E-state index is 4.86. The van der Waals surface area contributed by atoms with Crippen LogP contribution in [0.2, 0.25) is 0 Å². The van der Waals surface area contributed by atoms with E-state index in [-0.39, 0.29) is 0 Å². The van der Waals surface area contributed by atoms with Gasteiger partial charge in [-0.3, -0.25) is 0 Å². The van der Waals surface area contributed by atoms with Crippen LogP contribution < -0.4 is 0 Å². The van der Waals surface area contributed by atoms with E-state index in [2.05, 4.69) is 24.2 Å². The summed E-state index contributed by atoms with van der Waals surface area (Å²) >= 11 is 0. The number of rotatable bonds is 4. The topological polar surface area (TPSA) is 21.6 Å². The summed E-state index contributed by atoms with van der Waals surface area (Å²) in [7, 11) is 0. The molecule has 0 fully saturated rings. The molecule has 0 amide bonds. The normalized spacial score (nSPS) is 10.6. The van der Waals surface area contributed by atoms with E-state index in [1.807, 2.05) is 19.1 Å². The number of benzene rings is 1. The third kappa shape index (κ3) is 3.28. The minimum Gasteiger partial charge on any atom is -0.396 e. The number of nitrogens with zero attached hydrogens (tertiary/aromatic N) is 1. The van der Waals surface area contributed by atoms with Gasteiger partial charge in [0.1, 0.15) is 6.61 Å². The lowest BCUT2D eigenvalue weighted by Gasteiger charge is -1.96. The van der Waals surface area contributed by atoms with E-state index in [1.54, 1.807) is 6.21 Å². The quantitative estimate of drug-likeness (QED) is 0.511.